The second-order valence-corrected chi connectivity index (χ2v) is 7.92. The molecule has 0 amide bonds. The minimum absolute atomic E-state index is 0.182. The van der Waals surface area contributed by atoms with Crippen LogP contribution in [0, 0.1) is 0 Å². The van der Waals surface area contributed by atoms with Gasteiger partial charge in [0.15, 0.2) is 0 Å². The number of hydrogen-bond acceptors (Lipinski definition) is 5. The smallest absolute Gasteiger partial charge is 0.110 e. The van der Waals surface area contributed by atoms with Crippen molar-refractivity contribution in [1.82, 2.24) is 19.5 Å². The van der Waals surface area contributed by atoms with Crippen molar-refractivity contribution >= 4 is 0 Å². The number of hydrogen-bond donors (Lipinski definition) is 0. The molecular formula is C25H26N4O2. The topological polar surface area (TPSA) is 62.1 Å². The van der Waals surface area contributed by atoms with Gasteiger partial charge in [-0.05, 0) is 42.7 Å². The Morgan fingerprint density at radius 2 is 1.77 bits per heavy atom. The number of fused-ring (bicyclic) bond motifs is 1. The first-order chi connectivity index (χ1) is 15.3. The molecule has 0 spiro atoms. The van der Waals surface area contributed by atoms with E-state index in [1.54, 1.807) is 7.11 Å². The lowest BCUT2D eigenvalue weighted by atomic mass is 10.1. The quantitative estimate of drug-likeness (QED) is 0.573. The number of methoxy groups -OCH3 is 1. The van der Waals surface area contributed by atoms with Gasteiger partial charge >= 0.3 is 0 Å². The van der Waals surface area contributed by atoms with Crippen LogP contribution in [-0.2, 0) is 15.9 Å². The van der Waals surface area contributed by atoms with E-state index in [1.807, 2.05) is 36.9 Å². The zero-order chi connectivity index (χ0) is 21.0. The Morgan fingerprint density at radius 3 is 2.45 bits per heavy atom. The van der Waals surface area contributed by atoms with Crippen LogP contribution in [0.4, 0.5) is 0 Å². The van der Waals surface area contributed by atoms with Crippen LogP contribution < -0.4 is 0 Å². The molecule has 4 heterocycles. The van der Waals surface area contributed by atoms with Crippen molar-refractivity contribution in [1.29, 1.82) is 0 Å². The number of pyridine rings is 2. The van der Waals surface area contributed by atoms with Gasteiger partial charge in [0.25, 0.3) is 0 Å². The van der Waals surface area contributed by atoms with Crippen LogP contribution >= 0.6 is 0 Å². The Kier molecular flexibility index (Phi) is 5.74. The van der Waals surface area contributed by atoms with E-state index in [2.05, 4.69) is 44.9 Å². The van der Waals surface area contributed by atoms with Crippen LogP contribution in [0.2, 0.25) is 0 Å². The molecule has 0 saturated carbocycles. The molecule has 6 nitrogen and oxygen atoms in total. The first-order valence-corrected chi connectivity index (χ1v) is 10.7. The van der Waals surface area contributed by atoms with Gasteiger partial charge in [-0.25, -0.2) is 4.98 Å². The third-order valence-corrected chi connectivity index (χ3v) is 5.98. The minimum atomic E-state index is 0.182. The third-order valence-electron chi connectivity index (χ3n) is 5.98. The number of ether oxygens (including phenoxy) is 2. The summed E-state index contributed by atoms with van der Waals surface area (Å²) in [5, 5.41) is 0. The lowest BCUT2D eigenvalue weighted by Crippen LogP contribution is -2.15. The normalized spacial score (nSPS) is 20.0. The molecule has 0 aromatic carbocycles. The summed E-state index contributed by atoms with van der Waals surface area (Å²) in [4.78, 5) is 13.4. The Morgan fingerprint density at radius 1 is 1.03 bits per heavy atom. The van der Waals surface area contributed by atoms with Gasteiger partial charge in [-0.1, -0.05) is 18.2 Å². The van der Waals surface area contributed by atoms with E-state index in [-0.39, 0.29) is 12.1 Å². The van der Waals surface area contributed by atoms with Crippen LogP contribution in [0.1, 0.15) is 24.7 Å². The van der Waals surface area contributed by atoms with Gasteiger partial charge in [0.1, 0.15) is 5.82 Å². The molecule has 3 aromatic heterocycles. The highest BCUT2D eigenvalue weighted by molar-refractivity contribution is 5.79. The zero-order valence-electron chi connectivity index (χ0n) is 17.6. The number of aromatic nitrogens is 4. The van der Waals surface area contributed by atoms with Crippen molar-refractivity contribution in [3.8, 4) is 22.5 Å². The zero-order valence-corrected chi connectivity index (χ0v) is 17.6. The SMILES string of the molecule is COC1C=CC(COCC2CCc3nc(-c4ccncc4)c(-c4ccncc4)n32)=CC1. The Hall–Kier alpha value is -3.09. The number of rotatable bonds is 7. The number of aryl methyl sites for hydroxylation is 1. The van der Waals surface area contributed by atoms with Crippen molar-refractivity contribution < 1.29 is 9.47 Å². The third kappa shape index (κ3) is 4.09. The molecule has 2 aliphatic rings. The van der Waals surface area contributed by atoms with E-state index in [1.165, 1.54) is 5.57 Å². The molecule has 2 atom stereocenters. The van der Waals surface area contributed by atoms with Crippen LogP contribution in [-0.4, -0.2) is 45.9 Å². The predicted octanol–water partition coefficient (Wildman–Crippen LogP) is 4.41. The first-order valence-electron chi connectivity index (χ1n) is 10.7. The molecule has 0 fully saturated rings. The van der Waals surface area contributed by atoms with Crippen molar-refractivity contribution in [2.75, 3.05) is 20.3 Å². The average molecular weight is 415 g/mol. The largest absolute Gasteiger partial charge is 0.377 e. The lowest BCUT2D eigenvalue weighted by molar-refractivity contribution is 0.121. The van der Waals surface area contributed by atoms with Gasteiger partial charge in [-0.15, -0.1) is 0 Å². The summed E-state index contributed by atoms with van der Waals surface area (Å²) in [5.74, 6) is 1.12. The van der Waals surface area contributed by atoms with Crippen molar-refractivity contribution in [3.63, 3.8) is 0 Å². The van der Waals surface area contributed by atoms with Gasteiger partial charge in [-0.2, -0.15) is 0 Å². The van der Waals surface area contributed by atoms with Crippen LogP contribution in [0.25, 0.3) is 22.5 Å². The average Bonchev–Trinajstić information content (AvgIpc) is 3.40. The fourth-order valence-electron chi connectivity index (χ4n) is 4.37. The fourth-order valence-corrected chi connectivity index (χ4v) is 4.37. The molecule has 2 unspecified atom stereocenters. The highest BCUT2D eigenvalue weighted by Gasteiger charge is 2.30. The van der Waals surface area contributed by atoms with E-state index in [0.29, 0.717) is 13.2 Å². The monoisotopic (exact) mass is 414 g/mol. The van der Waals surface area contributed by atoms with Crippen LogP contribution in [0.3, 0.4) is 0 Å². The van der Waals surface area contributed by atoms with E-state index in [0.717, 1.165) is 47.6 Å². The van der Waals surface area contributed by atoms with Gasteiger partial charge in [0.2, 0.25) is 0 Å². The number of imidazole rings is 1. The van der Waals surface area contributed by atoms with Gasteiger partial charge in [0, 0.05) is 49.4 Å². The van der Waals surface area contributed by atoms with Crippen molar-refractivity contribution in [3.05, 3.63) is 78.7 Å². The van der Waals surface area contributed by atoms with Gasteiger partial charge in [0.05, 0.1) is 36.7 Å². The molecule has 1 aliphatic carbocycles. The van der Waals surface area contributed by atoms with E-state index in [4.69, 9.17) is 14.5 Å². The Balaban J connectivity index is 1.39. The molecular weight excluding hydrogens is 388 g/mol. The minimum Gasteiger partial charge on any atom is -0.377 e. The second kappa shape index (κ2) is 8.96. The molecule has 5 rings (SSSR count). The molecule has 1 aliphatic heterocycles. The summed E-state index contributed by atoms with van der Waals surface area (Å²) in [6.07, 6.45) is 16.8. The molecule has 6 heteroatoms. The van der Waals surface area contributed by atoms with Gasteiger partial charge < -0.3 is 14.0 Å². The molecule has 0 saturated heterocycles. The summed E-state index contributed by atoms with van der Waals surface area (Å²) in [5.41, 5.74) is 5.54. The van der Waals surface area contributed by atoms with Crippen LogP contribution in [0.5, 0.6) is 0 Å². The molecule has 0 bridgehead atoms. The van der Waals surface area contributed by atoms with Gasteiger partial charge in [-0.3, -0.25) is 9.97 Å². The maximum atomic E-state index is 6.16. The summed E-state index contributed by atoms with van der Waals surface area (Å²) < 4.78 is 13.9. The Labute approximate surface area is 182 Å². The summed E-state index contributed by atoms with van der Waals surface area (Å²) >= 11 is 0. The maximum Gasteiger partial charge on any atom is 0.110 e. The maximum absolute atomic E-state index is 6.16. The van der Waals surface area contributed by atoms with Crippen molar-refractivity contribution in [2.24, 2.45) is 0 Å². The lowest BCUT2D eigenvalue weighted by Gasteiger charge is -2.19. The predicted molar refractivity (Wildman–Crippen MR) is 120 cm³/mol. The number of nitrogens with zero attached hydrogens (tertiary/aromatic N) is 4. The summed E-state index contributed by atoms with van der Waals surface area (Å²) in [6.45, 7) is 1.28. The molecule has 0 radical (unpaired) electrons. The van der Waals surface area contributed by atoms with Crippen LogP contribution in [0.15, 0.2) is 72.9 Å². The molecule has 3 aromatic rings. The van der Waals surface area contributed by atoms with E-state index >= 15 is 0 Å². The van der Waals surface area contributed by atoms with Crippen molar-refractivity contribution in [2.45, 2.75) is 31.4 Å². The highest BCUT2D eigenvalue weighted by Crippen LogP contribution is 2.39. The Bertz CT molecular complexity index is 1090. The first kappa shape index (κ1) is 19.8. The van der Waals surface area contributed by atoms with E-state index in [9.17, 15) is 0 Å². The summed E-state index contributed by atoms with van der Waals surface area (Å²) in [6, 6.07) is 8.40. The summed E-state index contributed by atoms with van der Waals surface area (Å²) in [7, 11) is 1.74. The standard InChI is InChI=1S/C25H26N4O2/c1-30-22-5-2-18(3-6-22)16-31-17-21-4-7-23-28-24(19-8-12-26-13-9-19)25(29(21)23)20-10-14-27-15-11-20/h2-3,5,8-15,21-22H,4,6-7,16-17H2,1H3. The molecule has 158 valence electrons. The highest BCUT2D eigenvalue weighted by atomic mass is 16.5. The second-order valence-electron chi connectivity index (χ2n) is 7.92. The van der Waals surface area contributed by atoms with E-state index < -0.39 is 0 Å². The fraction of sp³-hybridized carbons (Fsp3) is 0.320. The molecule has 0 N–H and O–H groups in total. The molecule has 31 heavy (non-hydrogen) atoms.